The third kappa shape index (κ3) is 4.05. The van der Waals surface area contributed by atoms with Crippen molar-refractivity contribution in [2.45, 2.75) is 20.4 Å². The molecule has 0 atom stereocenters. The van der Waals surface area contributed by atoms with Gasteiger partial charge in [0, 0.05) is 8.07 Å². The molecule has 0 amide bonds. The van der Waals surface area contributed by atoms with Crippen LogP contribution in [0.5, 0.6) is 0 Å². The van der Waals surface area contributed by atoms with Crippen molar-refractivity contribution in [2.24, 2.45) is 0 Å². The number of benzene rings is 3. The number of fused-ring (bicyclic) bond motifs is 2. The van der Waals surface area contributed by atoms with Crippen LogP contribution in [-0.2, 0) is 26.2 Å². The zero-order valence-electron chi connectivity index (χ0n) is 17.9. The number of hydrogen-bond acceptors (Lipinski definition) is 0. The molecule has 0 spiro atoms. The molecular weight excluding hydrogens is 515 g/mol. The first-order chi connectivity index (χ1) is 13.6. The van der Waals surface area contributed by atoms with Gasteiger partial charge >= 0.3 is 26.2 Å². The van der Waals surface area contributed by atoms with Gasteiger partial charge in [-0.2, -0.15) is 10.4 Å². The fraction of sp³-hybridized carbons (Fsp3) is 0.111. The SMILES string of the molecule is Cc1[cH-]c2ccccc2c1[Si](C)(c1ccccc1)c1c(C)[cH-]c2ccccc12.[Cl-].[Cl-].[Zr+4]. The summed E-state index contributed by atoms with van der Waals surface area (Å²) >= 11 is 0. The molecule has 0 nitrogen and oxygen atoms in total. The molecule has 0 aliphatic rings. The summed E-state index contributed by atoms with van der Waals surface area (Å²) in [6.45, 7) is 7.14. The molecule has 0 saturated heterocycles. The molecule has 0 unspecified atom stereocenters. The van der Waals surface area contributed by atoms with Crippen molar-refractivity contribution in [3.8, 4) is 0 Å². The molecule has 154 valence electrons. The van der Waals surface area contributed by atoms with Gasteiger partial charge in [-0.25, -0.2) is 0 Å². The molecule has 0 N–H and O–H groups in total. The van der Waals surface area contributed by atoms with Gasteiger partial charge in [0.25, 0.3) is 0 Å². The maximum absolute atomic E-state index is 2.55. The number of aryl methyl sites for hydroxylation is 2. The summed E-state index contributed by atoms with van der Waals surface area (Å²) in [6, 6.07) is 33.7. The zero-order valence-corrected chi connectivity index (χ0v) is 22.9. The van der Waals surface area contributed by atoms with E-state index in [9.17, 15) is 0 Å². The van der Waals surface area contributed by atoms with Crippen molar-refractivity contribution in [3.05, 3.63) is 102 Å². The Morgan fingerprint density at radius 3 is 1.42 bits per heavy atom. The number of halogens is 2. The van der Waals surface area contributed by atoms with Crippen molar-refractivity contribution < 1.29 is 51.0 Å². The van der Waals surface area contributed by atoms with Crippen molar-refractivity contribution >= 4 is 45.2 Å². The molecule has 0 aliphatic heterocycles. The molecule has 0 heterocycles. The summed E-state index contributed by atoms with van der Waals surface area (Å²) in [5.41, 5.74) is 2.84. The summed E-state index contributed by atoms with van der Waals surface area (Å²) in [4.78, 5) is 0. The molecule has 0 aliphatic carbocycles. The van der Waals surface area contributed by atoms with E-state index in [0.717, 1.165) is 0 Å². The molecule has 0 bridgehead atoms. The van der Waals surface area contributed by atoms with E-state index >= 15 is 0 Å². The Morgan fingerprint density at radius 1 is 0.581 bits per heavy atom. The molecule has 5 rings (SSSR count). The minimum atomic E-state index is -2.19. The normalized spacial score (nSPS) is 10.9. The van der Waals surface area contributed by atoms with Gasteiger partial charge in [0.2, 0.25) is 0 Å². The predicted molar refractivity (Wildman–Crippen MR) is 126 cm³/mol. The second-order valence-corrected chi connectivity index (χ2v) is 11.9. The van der Waals surface area contributed by atoms with Crippen LogP contribution in [0, 0.1) is 13.8 Å². The van der Waals surface area contributed by atoms with Crippen molar-refractivity contribution in [1.29, 1.82) is 0 Å². The standard InChI is InChI=1S/C27H24Si.2ClH.Zr/c1-19-17-21-11-7-9-15-24(21)26(19)28(3,23-13-5-4-6-14-23)27-20(2)18-22-12-8-10-16-25(22)27;;;/h4-18H,1-3H3;2*1H;/q-2;;;+4/p-2. The summed E-state index contributed by atoms with van der Waals surface area (Å²) in [5, 5.41) is 10.2. The second-order valence-electron chi connectivity index (χ2n) is 8.07. The Morgan fingerprint density at radius 2 is 0.968 bits per heavy atom. The van der Waals surface area contributed by atoms with Gasteiger partial charge in [-0.05, 0) is 0 Å². The smallest absolute Gasteiger partial charge is 1.00 e. The van der Waals surface area contributed by atoms with Crippen LogP contribution in [-0.4, -0.2) is 8.07 Å². The van der Waals surface area contributed by atoms with Crippen molar-refractivity contribution in [1.82, 2.24) is 0 Å². The minimum absolute atomic E-state index is 0. The number of hydrogen-bond donors (Lipinski definition) is 0. The summed E-state index contributed by atoms with van der Waals surface area (Å²) in [7, 11) is -2.19. The number of rotatable bonds is 3. The topological polar surface area (TPSA) is 0 Å². The Labute approximate surface area is 217 Å². The Bertz CT molecular complexity index is 1220. The third-order valence-corrected chi connectivity index (χ3v) is 11.2. The van der Waals surface area contributed by atoms with Crippen LogP contribution in [0.2, 0.25) is 6.55 Å². The van der Waals surface area contributed by atoms with Gasteiger partial charge in [-0.15, -0.1) is 81.2 Å². The van der Waals surface area contributed by atoms with Gasteiger partial charge in [0.05, 0.1) is 0 Å². The molecule has 0 radical (unpaired) electrons. The molecule has 0 saturated carbocycles. The van der Waals surface area contributed by atoms with Gasteiger partial charge in [0.15, 0.2) is 0 Å². The van der Waals surface area contributed by atoms with Crippen LogP contribution in [0.3, 0.4) is 0 Å². The zero-order chi connectivity index (χ0) is 19.3. The van der Waals surface area contributed by atoms with Gasteiger partial charge < -0.3 is 24.8 Å². The molecule has 0 aromatic heterocycles. The first-order valence-corrected chi connectivity index (χ1v) is 12.5. The summed E-state index contributed by atoms with van der Waals surface area (Å²) < 4.78 is 0. The molecule has 5 aromatic carbocycles. The van der Waals surface area contributed by atoms with Crippen LogP contribution in [0.4, 0.5) is 0 Å². The maximum atomic E-state index is 2.55. The van der Waals surface area contributed by atoms with E-state index in [1.54, 1.807) is 10.4 Å². The summed E-state index contributed by atoms with van der Waals surface area (Å²) in [5.74, 6) is 0. The minimum Gasteiger partial charge on any atom is -1.00 e. The van der Waals surface area contributed by atoms with Crippen molar-refractivity contribution in [3.63, 3.8) is 0 Å². The monoisotopic (exact) mass is 536 g/mol. The van der Waals surface area contributed by atoms with E-state index < -0.39 is 8.07 Å². The van der Waals surface area contributed by atoms with Crippen LogP contribution < -0.4 is 40.4 Å². The van der Waals surface area contributed by atoms with Gasteiger partial charge in [-0.3, -0.25) is 0 Å². The fourth-order valence-electron chi connectivity index (χ4n) is 5.25. The maximum Gasteiger partial charge on any atom is 4.00 e. The van der Waals surface area contributed by atoms with E-state index in [0.29, 0.717) is 0 Å². The summed E-state index contributed by atoms with van der Waals surface area (Å²) in [6.07, 6.45) is 0. The van der Waals surface area contributed by atoms with Gasteiger partial charge in [-0.1, -0.05) is 68.0 Å². The van der Waals surface area contributed by atoms with Crippen LogP contribution in [0.15, 0.2) is 91.0 Å². The van der Waals surface area contributed by atoms with E-state index in [2.05, 4.69) is 111 Å². The van der Waals surface area contributed by atoms with Crippen LogP contribution in [0.1, 0.15) is 11.1 Å². The molecule has 5 aromatic rings. The van der Waals surface area contributed by atoms with Gasteiger partial charge in [0.1, 0.15) is 0 Å². The van der Waals surface area contributed by atoms with Crippen LogP contribution in [0.25, 0.3) is 21.5 Å². The predicted octanol–water partition coefficient (Wildman–Crippen LogP) is -0.847. The quantitative estimate of drug-likeness (QED) is 0.208. The molecule has 31 heavy (non-hydrogen) atoms. The van der Waals surface area contributed by atoms with E-state index in [4.69, 9.17) is 0 Å². The van der Waals surface area contributed by atoms with E-state index in [-0.39, 0.29) is 51.0 Å². The Hall–Kier alpha value is -1.44. The fourth-order valence-corrected chi connectivity index (χ4v) is 10.2. The molecular formula is C27H24Cl2SiZr. The van der Waals surface area contributed by atoms with E-state index in [1.807, 2.05) is 0 Å². The Kier molecular flexibility index (Phi) is 8.33. The largest absolute Gasteiger partial charge is 4.00 e. The average molecular weight is 539 g/mol. The second kappa shape index (κ2) is 10.0. The first-order valence-electron chi connectivity index (χ1n) is 9.97. The average Bonchev–Trinajstić information content (AvgIpc) is 3.24. The first kappa shape index (κ1) is 25.8. The van der Waals surface area contributed by atoms with Crippen molar-refractivity contribution in [2.75, 3.05) is 0 Å². The third-order valence-electron chi connectivity index (χ3n) is 6.34. The van der Waals surface area contributed by atoms with Crippen LogP contribution >= 0.6 is 0 Å². The van der Waals surface area contributed by atoms with E-state index in [1.165, 1.54) is 37.9 Å². The molecule has 0 fully saturated rings. The molecule has 4 heteroatoms. The Balaban J connectivity index is 0.00000114.